The molecule has 1 saturated heterocycles. The number of hydrogen-bond acceptors (Lipinski definition) is 3. The topological polar surface area (TPSA) is 38.5 Å². The highest BCUT2D eigenvalue weighted by Crippen LogP contribution is 2.21. The number of nitrogens with two attached hydrogens (primary N) is 1. The van der Waals surface area contributed by atoms with Crippen molar-refractivity contribution in [2.45, 2.75) is 38.8 Å². The SMILES string of the molecule is CCC1CN(c2ccc([C@H](C)N)cc2)CCCO1. The lowest BCUT2D eigenvalue weighted by molar-refractivity contribution is 0.0664. The van der Waals surface area contributed by atoms with Gasteiger partial charge in [0, 0.05) is 31.4 Å². The Morgan fingerprint density at radius 2 is 2.11 bits per heavy atom. The number of benzene rings is 1. The van der Waals surface area contributed by atoms with Crippen LogP contribution in [0.5, 0.6) is 0 Å². The zero-order chi connectivity index (χ0) is 13.0. The molecule has 1 aliphatic rings. The summed E-state index contributed by atoms with van der Waals surface area (Å²) in [5.41, 5.74) is 8.35. The smallest absolute Gasteiger partial charge is 0.0747 e. The van der Waals surface area contributed by atoms with Crippen molar-refractivity contribution in [2.24, 2.45) is 5.73 Å². The molecule has 0 aliphatic carbocycles. The van der Waals surface area contributed by atoms with E-state index in [0.717, 1.165) is 32.5 Å². The summed E-state index contributed by atoms with van der Waals surface area (Å²) in [6.07, 6.45) is 2.54. The highest BCUT2D eigenvalue weighted by Gasteiger charge is 2.17. The maximum absolute atomic E-state index is 5.88. The van der Waals surface area contributed by atoms with Crippen molar-refractivity contribution in [2.75, 3.05) is 24.6 Å². The second kappa shape index (κ2) is 6.21. The van der Waals surface area contributed by atoms with Gasteiger partial charge in [0.15, 0.2) is 0 Å². The summed E-state index contributed by atoms with van der Waals surface area (Å²) in [5, 5.41) is 0. The van der Waals surface area contributed by atoms with Crippen LogP contribution in [0.2, 0.25) is 0 Å². The van der Waals surface area contributed by atoms with E-state index in [9.17, 15) is 0 Å². The summed E-state index contributed by atoms with van der Waals surface area (Å²) in [4.78, 5) is 2.42. The standard InChI is InChI=1S/C15H24N2O/c1-3-15-11-17(9-4-10-18-15)14-7-5-13(6-8-14)12(2)16/h5-8,12,15H,3-4,9-11,16H2,1-2H3/t12-,15?/m0/s1. The molecule has 1 aromatic rings. The molecule has 18 heavy (non-hydrogen) atoms. The Morgan fingerprint density at radius 3 is 2.72 bits per heavy atom. The molecule has 1 heterocycles. The molecule has 0 saturated carbocycles. The van der Waals surface area contributed by atoms with E-state index in [1.165, 1.54) is 11.3 Å². The first-order valence-electron chi connectivity index (χ1n) is 6.92. The third-order valence-corrected chi connectivity index (χ3v) is 3.59. The van der Waals surface area contributed by atoms with E-state index < -0.39 is 0 Å². The summed E-state index contributed by atoms with van der Waals surface area (Å²) >= 11 is 0. The number of anilines is 1. The van der Waals surface area contributed by atoms with Gasteiger partial charge >= 0.3 is 0 Å². The number of hydrogen-bond donors (Lipinski definition) is 1. The van der Waals surface area contributed by atoms with Gasteiger partial charge < -0.3 is 15.4 Å². The molecule has 1 aromatic carbocycles. The zero-order valence-corrected chi connectivity index (χ0v) is 11.4. The summed E-state index contributed by atoms with van der Waals surface area (Å²) in [5.74, 6) is 0. The Hall–Kier alpha value is -1.06. The third kappa shape index (κ3) is 3.24. The van der Waals surface area contributed by atoms with Crippen LogP contribution in [-0.2, 0) is 4.74 Å². The van der Waals surface area contributed by atoms with Crippen LogP contribution in [0.4, 0.5) is 5.69 Å². The fourth-order valence-electron chi connectivity index (χ4n) is 2.37. The predicted octanol–water partition coefficient (Wildman–Crippen LogP) is 2.71. The van der Waals surface area contributed by atoms with E-state index in [0.29, 0.717) is 6.10 Å². The fourth-order valence-corrected chi connectivity index (χ4v) is 2.37. The lowest BCUT2D eigenvalue weighted by Gasteiger charge is -2.25. The Bertz CT molecular complexity index is 361. The second-order valence-corrected chi connectivity index (χ2v) is 5.08. The molecule has 1 fully saturated rings. The van der Waals surface area contributed by atoms with Crippen LogP contribution < -0.4 is 10.6 Å². The minimum Gasteiger partial charge on any atom is -0.376 e. The predicted molar refractivity (Wildman–Crippen MR) is 75.9 cm³/mol. The van der Waals surface area contributed by atoms with Crippen molar-refractivity contribution in [3.05, 3.63) is 29.8 Å². The highest BCUT2D eigenvalue weighted by molar-refractivity contribution is 5.48. The molecule has 0 aromatic heterocycles. The number of nitrogens with zero attached hydrogens (tertiary/aromatic N) is 1. The average molecular weight is 248 g/mol. The van der Waals surface area contributed by atoms with Crippen LogP contribution >= 0.6 is 0 Å². The van der Waals surface area contributed by atoms with Gasteiger partial charge in [0.25, 0.3) is 0 Å². The van der Waals surface area contributed by atoms with Crippen molar-refractivity contribution in [1.29, 1.82) is 0 Å². The summed E-state index contributed by atoms with van der Waals surface area (Å²) in [6.45, 7) is 7.16. The van der Waals surface area contributed by atoms with E-state index in [1.807, 2.05) is 6.92 Å². The molecular formula is C15H24N2O. The van der Waals surface area contributed by atoms with Crippen LogP contribution in [0.25, 0.3) is 0 Å². The first-order valence-corrected chi connectivity index (χ1v) is 6.92. The molecule has 100 valence electrons. The van der Waals surface area contributed by atoms with Crippen molar-refractivity contribution >= 4 is 5.69 Å². The van der Waals surface area contributed by atoms with Crippen LogP contribution in [0.15, 0.2) is 24.3 Å². The molecule has 2 N–H and O–H groups in total. The van der Waals surface area contributed by atoms with E-state index in [1.54, 1.807) is 0 Å². The molecule has 2 atom stereocenters. The largest absolute Gasteiger partial charge is 0.376 e. The first kappa shape index (κ1) is 13.4. The van der Waals surface area contributed by atoms with E-state index in [4.69, 9.17) is 10.5 Å². The Kier molecular flexibility index (Phi) is 4.61. The summed E-state index contributed by atoms with van der Waals surface area (Å²) in [7, 11) is 0. The van der Waals surface area contributed by atoms with Gasteiger partial charge in [-0.1, -0.05) is 19.1 Å². The van der Waals surface area contributed by atoms with E-state index in [-0.39, 0.29) is 6.04 Å². The van der Waals surface area contributed by atoms with Gasteiger partial charge in [0.2, 0.25) is 0 Å². The average Bonchev–Trinajstić information content (AvgIpc) is 2.64. The maximum Gasteiger partial charge on any atom is 0.0747 e. The first-order chi connectivity index (χ1) is 8.70. The molecule has 0 bridgehead atoms. The van der Waals surface area contributed by atoms with Gasteiger partial charge in [-0.15, -0.1) is 0 Å². The minimum absolute atomic E-state index is 0.106. The van der Waals surface area contributed by atoms with E-state index in [2.05, 4.69) is 36.1 Å². The van der Waals surface area contributed by atoms with Gasteiger partial charge in [-0.25, -0.2) is 0 Å². The molecule has 3 heteroatoms. The monoisotopic (exact) mass is 248 g/mol. The molecule has 3 nitrogen and oxygen atoms in total. The van der Waals surface area contributed by atoms with Gasteiger partial charge in [0.05, 0.1) is 6.10 Å². The van der Waals surface area contributed by atoms with Crippen LogP contribution in [0, 0.1) is 0 Å². The molecule has 0 radical (unpaired) electrons. The van der Waals surface area contributed by atoms with Crippen molar-refractivity contribution in [3.8, 4) is 0 Å². The highest BCUT2D eigenvalue weighted by atomic mass is 16.5. The second-order valence-electron chi connectivity index (χ2n) is 5.08. The third-order valence-electron chi connectivity index (χ3n) is 3.59. The van der Waals surface area contributed by atoms with Gasteiger partial charge in [0.1, 0.15) is 0 Å². The summed E-state index contributed by atoms with van der Waals surface area (Å²) < 4.78 is 5.80. The summed E-state index contributed by atoms with van der Waals surface area (Å²) in [6, 6.07) is 8.72. The van der Waals surface area contributed by atoms with Crippen molar-refractivity contribution in [3.63, 3.8) is 0 Å². The lowest BCUT2D eigenvalue weighted by atomic mass is 10.1. The molecule has 0 amide bonds. The van der Waals surface area contributed by atoms with Crippen LogP contribution in [0.3, 0.4) is 0 Å². The molecule has 2 rings (SSSR count). The van der Waals surface area contributed by atoms with Gasteiger partial charge in [-0.3, -0.25) is 0 Å². The van der Waals surface area contributed by atoms with E-state index >= 15 is 0 Å². The zero-order valence-electron chi connectivity index (χ0n) is 11.4. The quantitative estimate of drug-likeness (QED) is 0.894. The van der Waals surface area contributed by atoms with Crippen molar-refractivity contribution < 1.29 is 4.74 Å². The molecule has 0 spiro atoms. The Balaban J connectivity index is 2.09. The van der Waals surface area contributed by atoms with Gasteiger partial charge in [-0.05, 0) is 37.5 Å². The molecular weight excluding hydrogens is 224 g/mol. The van der Waals surface area contributed by atoms with Crippen molar-refractivity contribution in [1.82, 2.24) is 0 Å². The maximum atomic E-state index is 5.88. The lowest BCUT2D eigenvalue weighted by Crippen LogP contribution is -2.31. The minimum atomic E-state index is 0.106. The van der Waals surface area contributed by atoms with Crippen LogP contribution in [-0.4, -0.2) is 25.8 Å². The van der Waals surface area contributed by atoms with Gasteiger partial charge in [-0.2, -0.15) is 0 Å². The number of rotatable bonds is 3. The Morgan fingerprint density at radius 1 is 1.39 bits per heavy atom. The Labute approximate surface area is 110 Å². The fraction of sp³-hybridized carbons (Fsp3) is 0.600. The molecule has 1 aliphatic heterocycles. The molecule has 1 unspecified atom stereocenters. The number of ether oxygens (including phenoxy) is 1. The normalized spacial score (nSPS) is 22.6. The van der Waals surface area contributed by atoms with Crippen LogP contribution in [0.1, 0.15) is 38.3 Å².